The zero-order chi connectivity index (χ0) is 24.0. The lowest BCUT2D eigenvalue weighted by Crippen LogP contribution is -2.30. The zero-order valence-electron chi connectivity index (χ0n) is 21.1. The van der Waals surface area contributed by atoms with Gasteiger partial charge in [0, 0.05) is 0 Å². The topological polar surface area (TPSA) is 79.2 Å². The van der Waals surface area contributed by atoms with E-state index in [9.17, 15) is 15.3 Å². The average molecular weight is 463 g/mol. The van der Waals surface area contributed by atoms with E-state index < -0.39 is 6.29 Å². The lowest BCUT2D eigenvalue weighted by molar-refractivity contribution is -0.156. The molecular weight excluding hydrogens is 416 g/mol. The fourth-order valence-electron chi connectivity index (χ4n) is 5.70. The Hall–Kier alpha value is -1.14. The van der Waals surface area contributed by atoms with Gasteiger partial charge in [0.2, 0.25) is 0 Å². The Morgan fingerprint density at radius 1 is 1.06 bits per heavy atom. The summed E-state index contributed by atoms with van der Waals surface area (Å²) in [5.41, 5.74) is 2.51. The van der Waals surface area contributed by atoms with E-state index in [4.69, 9.17) is 9.47 Å². The van der Waals surface area contributed by atoms with Crippen molar-refractivity contribution < 1.29 is 24.8 Å². The van der Waals surface area contributed by atoms with Crippen molar-refractivity contribution in [2.45, 2.75) is 110 Å². The van der Waals surface area contributed by atoms with Gasteiger partial charge in [-0.1, -0.05) is 52.2 Å². The largest absolute Gasteiger partial charge is 0.488 e. The number of fused-ring (bicyclic) bond motifs is 2. The number of aliphatic hydroxyl groups excluding tert-OH is 3. The molecule has 0 heterocycles. The molecule has 0 aliphatic heterocycles. The Bertz CT molecular complexity index is 720. The Morgan fingerprint density at radius 2 is 1.85 bits per heavy atom. The van der Waals surface area contributed by atoms with Crippen molar-refractivity contribution >= 4 is 0 Å². The predicted octanol–water partition coefficient (Wildman–Crippen LogP) is 4.88. The van der Waals surface area contributed by atoms with Crippen LogP contribution in [0.15, 0.2) is 18.2 Å². The van der Waals surface area contributed by atoms with Crippen molar-refractivity contribution in [1.29, 1.82) is 0 Å². The lowest BCUT2D eigenvalue weighted by Gasteiger charge is -2.32. The molecule has 0 spiro atoms. The van der Waals surface area contributed by atoms with Gasteiger partial charge in [0.15, 0.2) is 6.29 Å². The highest BCUT2D eigenvalue weighted by Crippen LogP contribution is 2.48. The maximum atomic E-state index is 10.8. The number of unbranched alkanes of at least 4 members (excludes halogenated alkanes) is 2. The third-order valence-corrected chi connectivity index (χ3v) is 8.01. The molecule has 1 aromatic rings. The van der Waals surface area contributed by atoms with Crippen molar-refractivity contribution in [2.75, 3.05) is 6.61 Å². The maximum Gasteiger partial charge on any atom is 0.189 e. The molecule has 3 N–H and O–H groups in total. The van der Waals surface area contributed by atoms with Crippen LogP contribution in [0.1, 0.15) is 83.8 Å². The molecule has 0 bridgehead atoms. The van der Waals surface area contributed by atoms with Gasteiger partial charge in [-0.15, -0.1) is 0 Å². The highest BCUT2D eigenvalue weighted by molar-refractivity contribution is 5.43. The van der Waals surface area contributed by atoms with Crippen LogP contribution in [-0.4, -0.2) is 46.5 Å². The molecule has 2 aliphatic rings. The van der Waals surface area contributed by atoms with Crippen LogP contribution in [0, 0.1) is 23.7 Å². The number of hydrogen-bond acceptors (Lipinski definition) is 5. The molecular formula is C28H46O5. The van der Waals surface area contributed by atoms with E-state index in [1.165, 1.54) is 24.0 Å². The molecule has 0 amide bonds. The van der Waals surface area contributed by atoms with Gasteiger partial charge in [0.1, 0.15) is 12.4 Å². The van der Waals surface area contributed by atoms with E-state index in [1.807, 2.05) is 19.1 Å². The summed E-state index contributed by atoms with van der Waals surface area (Å²) < 4.78 is 11.6. The fourth-order valence-corrected chi connectivity index (χ4v) is 5.70. The van der Waals surface area contributed by atoms with Crippen LogP contribution in [-0.2, 0) is 17.6 Å². The summed E-state index contributed by atoms with van der Waals surface area (Å²) in [4.78, 5) is 0. The highest BCUT2D eigenvalue weighted by Gasteiger charge is 2.44. The number of ether oxygens (including phenoxy) is 2. The molecule has 3 rings (SSSR count). The van der Waals surface area contributed by atoms with Gasteiger partial charge in [-0.3, -0.25) is 0 Å². The Morgan fingerprint density at radius 3 is 2.58 bits per heavy atom. The second-order valence-corrected chi connectivity index (χ2v) is 10.8. The Balaban J connectivity index is 1.58. The minimum absolute atomic E-state index is 0.0314. The summed E-state index contributed by atoms with van der Waals surface area (Å²) in [7, 11) is 0. The maximum absolute atomic E-state index is 10.8. The van der Waals surface area contributed by atoms with Crippen molar-refractivity contribution in [3.63, 3.8) is 0 Å². The van der Waals surface area contributed by atoms with E-state index >= 15 is 0 Å². The van der Waals surface area contributed by atoms with Gasteiger partial charge in [-0.2, -0.15) is 0 Å². The monoisotopic (exact) mass is 462 g/mol. The van der Waals surface area contributed by atoms with Crippen LogP contribution >= 0.6 is 0 Å². The van der Waals surface area contributed by atoms with Crippen LogP contribution in [0.2, 0.25) is 0 Å². The van der Waals surface area contributed by atoms with Gasteiger partial charge in [0.25, 0.3) is 0 Å². The third-order valence-electron chi connectivity index (χ3n) is 8.01. The molecule has 1 aromatic carbocycles. The Labute approximate surface area is 200 Å². The van der Waals surface area contributed by atoms with Gasteiger partial charge in [-0.05, 0) is 86.3 Å². The van der Waals surface area contributed by atoms with Gasteiger partial charge < -0.3 is 24.8 Å². The van der Waals surface area contributed by atoms with Crippen molar-refractivity contribution in [1.82, 2.24) is 0 Å². The second kappa shape index (κ2) is 12.5. The first-order valence-corrected chi connectivity index (χ1v) is 13.2. The summed E-state index contributed by atoms with van der Waals surface area (Å²) in [6.07, 6.45) is 7.18. The summed E-state index contributed by atoms with van der Waals surface area (Å²) in [5.74, 6) is 2.34. The van der Waals surface area contributed by atoms with Gasteiger partial charge in [-0.25, -0.2) is 0 Å². The Kier molecular flexibility index (Phi) is 10.0. The lowest BCUT2D eigenvalue weighted by atomic mass is 9.73. The second-order valence-electron chi connectivity index (χ2n) is 10.8. The number of hydrogen-bond donors (Lipinski definition) is 3. The van der Waals surface area contributed by atoms with Crippen LogP contribution < -0.4 is 4.74 Å². The first kappa shape index (κ1) is 26.5. The number of benzene rings is 1. The van der Waals surface area contributed by atoms with E-state index in [1.54, 1.807) is 0 Å². The SMILES string of the molecule is CCCCC[C@H](O)CC[C@@H]1[C@H]2Cc3cccc(OCC(O)O[C@@H](C)C(C)C)c3C[C@H]2C[C@H]1O. The molecule has 1 unspecified atom stereocenters. The van der Waals surface area contributed by atoms with Crippen molar-refractivity contribution in [3.8, 4) is 5.75 Å². The number of aliphatic hydroxyl groups is 3. The molecule has 1 fully saturated rings. The van der Waals surface area contributed by atoms with E-state index in [2.05, 4.69) is 26.8 Å². The van der Waals surface area contributed by atoms with Crippen LogP contribution in [0.4, 0.5) is 0 Å². The minimum Gasteiger partial charge on any atom is -0.488 e. The molecule has 5 nitrogen and oxygen atoms in total. The van der Waals surface area contributed by atoms with Crippen LogP contribution in [0.25, 0.3) is 0 Å². The average Bonchev–Trinajstić information content (AvgIpc) is 3.08. The molecule has 0 saturated heterocycles. The third kappa shape index (κ3) is 7.17. The van der Waals surface area contributed by atoms with E-state index in [0.717, 1.165) is 50.7 Å². The standard InChI is InChI=1S/C28H46O5/c1-5-6-7-10-22(29)12-13-23-24-14-20-9-8-11-27(25(20)15-21(24)16-26(23)30)32-17-28(31)33-19(4)18(2)3/h8-9,11,18-19,21-24,26,28-31H,5-7,10,12-17H2,1-4H3/t19-,21-,22-,23+,24-,26+,28?/m0/s1. The quantitative estimate of drug-likeness (QED) is 0.288. The molecule has 0 radical (unpaired) electrons. The van der Waals surface area contributed by atoms with Crippen LogP contribution in [0.5, 0.6) is 5.75 Å². The molecule has 7 atom stereocenters. The van der Waals surface area contributed by atoms with Crippen molar-refractivity contribution in [2.24, 2.45) is 23.7 Å². The highest BCUT2D eigenvalue weighted by atomic mass is 16.6. The summed E-state index contributed by atoms with van der Waals surface area (Å²) in [6, 6.07) is 6.18. The minimum atomic E-state index is -0.948. The number of rotatable bonds is 13. The van der Waals surface area contributed by atoms with E-state index in [-0.39, 0.29) is 30.8 Å². The summed E-state index contributed by atoms with van der Waals surface area (Å²) >= 11 is 0. The molecule has 2 aliphatic carbocycles. The smallest absolute Gasteiger partial charge is 0.189 e. The van der Waals surface area contributed by atoms with Gasteiger partial charge >= 0.3 is 0 Å². The molecule has 1 saturated carbocycles. The first-order valence-electron chi connectivity index (χ1n) is 13.2. The fraction of sp³-hybridized carbons (Fsp3) is 0.786. The van der Waals surface area contributed by atoms with E-state index in [0.29, 0.717) is 17.8 Å². The molecule has 0 aromatic heterocycles. The van der Waals surface area contributed by atoms with Crippen molar-refractivity contribution in [3.05, 3.63) is 29.3 Å². The van der Waals surface area contributed by atoms with Crippen LogP contribution in [0.3, 0.4) is 0 Å². The zero-order valence-corrected chi connectivity index (χ0v) is 21.1. The normalized spacial score (nSPS) is 27.2. The predicted molar refractivity (Wildman–Crippen MR) is 131 cm³/mol. The first-order chi connectivity index (χ1) is 15.8. The van der Waals surface area contributed by atoms with Gasteiger partial charge in [0.05, 0.1) is 18.3 Å². The molecule has 33 heavy (non-hydrogen) atoms. The molecule has 5 heteroatoms. The molecule has 188 valence electrons. The summed E-state index contributed by atoms with van der Waals surface area (Å²) in [5, 5.41) is 31.4. The summed E-state index contributed by atoms with van der Waals surface area (Å²) in [6.45, 7) is 8.40.